The zero-order valence-electron chi connectivity index (χ0n) is 16.4. The number of amides is 4. The number of likely N-dealkylation sites (N-methyl/N-ethyl adjacent to an activating group) is 1. The molecule has 0 aromatic heterocycles. The topological polar surface area (TPSA) is 64.2 Å². The van der Waals surface area contributed by atoms with Crippen LogP contribution in [0.5, 0.6) is 0 Å². The minimum absolute atomic E-state index is 0.100. The van der Waals surface area contributed by atoms with Gasteiger partial charge >= 0.3 is 6.03 Å². The van der Waals surface area contributed by atoms with Crippen LogP contribution in [0.25, 0.3) is 0 Å². The highest BCUT2D eigenvalue weighted by Crippen LogP contribution is 2.24. The van der Waals surface area contributed by atoms with Gasteiger partial charge in [-0.25, -0.2) is 4.79 Å². The fraction of sp³-hybridized carbons (Fsp3) is 0.550. The zero-order valence-corrected chi connectivity index (χ0v) is 16.4. The standard InChI is InChI=1S/C20H28N4O3/c1-15-6-4-7-17(16(15)2)22-10-12-23(13-11-22)18(25)8-5-9-24-19(26)14-21(3)20(24)27/h4,6-7H,5,8-14H2,1-3H3. The molecule has 7 heteroatoms. The van der Waals surface area contributed by atoms with Gasteiger partial charge in [0.05, 0.1) is 0 Å². The van der Waals surface area contributed by atoms with E-state index in [0.717, 1.165) is 13.1 Å². The van der Waals surface area contributed by atoms with Crippen molar-refractivity contribution in [2.75, 3.05) is 51.2 Å². The van der Waals surface area contributed by atoms with Gasteiger partial charge < -0.3 is 14.7 Å². The van der Waals surface area contributed by atoms with E-state index < -0.39 is 0 Å². The molecule has 1 aromatic rings. The van der Waals surface area contributed by atoms with Crippen LogP contribution in [0.4, 0.5) is 10.5 Å². The number of carbonyl (C=O) groups excluding carboxylic acids is 3. The minimum atomic E-state index is -0.269. The Kier molecular flexibility index (Phi) is 5.68. The van der Waals surface area contributed by atoms with Crippen molar-refractivity contribution in [2.24, 2.45) is 0 Å². The third kappa shape index (κ3) is 4.07. The van der Waals surface area contributed by atoms with E-state index in [0.29, 0.717) is 32.5 Å². The van der Waals surface area contributed by atoms with Crippen LogP contribution in [-0.2, 0) is 9.59 Å². The van der Waals surface area contributed by atoms with Gasteiger partial charge in [-0.2, -0.15) is 0 Å². The number of piperazine rings is 1. The van der Waals surface area contributed by atoms with Crippen LogP contribution in [0.1, 0.15) is 24.0 Å². The molecule has 146 valence electrons. The van der Waals surface area contributed by atoms with E-state index in [9.17, 15) is 14.4 Å². The van der Waals surface area contributed by atoms with Crippen molar-refractivity contribution in [2.45, 2.75) is 26.7 Å². The van der Waals surface area contributed by atoms with E-state index >= 15 is 0 Å². The first-order valence-corrected chi connectivity index (χ1v) is 9.53. The molecular formula is C20H28N4O3. The molecule has 2 aliphatic rings. The highest BCUT2D eigenvalue weighted by Gasteiger charge is 2.33. The van der Waals surface area contributed by atoms with Gasteiger partial charge in [-0.1, -0.05) is 12.1 Å². The predicted molar refractivity (Wildman–Crippen MR) is 104 cm³/mol. The van der Waals surface area contributed by atoms with Crippen molar-refractivity contribution in [3.8, 4) is 0 Å². The normalized spacial score (nSPS) is 17.9. The van der Waals surface area contributed by atoms with E-state index in [2.05, 4.69) is 36.9 Å². The molecule has 3 rings (SSSR count). The molecule has 0 N–H and O–H groups in total. The predicted octanol–water partition coefficient (Wildman–Crippen LogP) is 1.63. The second-order valence-corrected chi connectivity index (χ2v) is 7.37. The van der Waals surface area contributed by atoms with Crippen LogP contribution in [0.3, 0.4) is 0 Å². The molecule has 0 aliphatic carbocycles. The van der Waals surface area contributed by atoms with Crippen molar-refractivity contribution in [1.82, 2.24) is 14.7 Å². The lowest BCUT2D eigenvalue weighted by Crippen LogP contribution is -2.49. The van der Waals surface area contributed by atoms with Crippen molar-refractivity contribution in [3.05, 3.63) is 29.3 Å². The van der Waals surface area contributed by atoms with Gasteiger partial charge in [-0.05, 0) is 37.5 Å². The molecule has 0 spiro atoms. The molecule has 27 heavy (non-hydrogen) atoms. The summed E-state index contributed by atoms with van der Waals surface area (Å²) in [5, 5.41) is 0. The average Bonchev–Trinajstić information content (AvgIpc) is 2.90. The first kappa shape index (κ1) is 19.2. The molecule has 7 nitrogen and oxygen atoms in total. The summed E-state index contributed by atoms with van der Waals surface area (Å²) >= 11 is 0. The van der Waals surface area contributed by atoms with Crippen LogP contribution >= 0.6 is 0 Å². The second kappa shape index (κ2) is 7.98. The summed E-state index contributed by atoms with van der Waals surface area (Å²) < 4.78 is 0. The largest absolute Gasteiger partial charge is 0.368 e. The minimum Gasteiger partial charge on any atom is -0.368 e. The quantitative estimate of drug-likeness (QED) is 0.737. The van der Waals surface area contributed by atoms with Crippen LogP contribution < -0.4 is 4.90 Å². The van der Waals surface area contributed by atoms with Crippen molar-refractivity contribution in [3.63, 3.8) is 0 Å². The number of rotatable bonds is 5. The maximum absolute atomic E-state index is 12.5. The summed E-state index contributed by atoms with van der Waals surface area (Å²) in [7, 11) is 1.61. The number of anilines is 1. The second-order valence-electron chi connectivity index (χ2n) is 7.37. The van der Waals surface area contributed by atoms with Gasteiger partial charge in [-0.3, -0.25) is 14.5 Å². The number of carbonyl (C=O) groups is 3. The maximum atomic E-state index is 12.5. The van der Waals surface area contributed by atoms with Crippen LogP contribution in [0, 0.1) is 13.8 Å². The molecule has 0 radical (unpaired) electrons. The van der Waals surface area contributed by atoms with E-state index in [1.54, 1.807) is 7.05 Å². The molecule has 2 aliphatic heterocycles. The van der Waals surface area contributed by atoms with Crippen molar-refractivity contribution < 1.29 is 14.4 Å². The first-order valence-electron chi connectivity index (χ1n) is 9.53. The van der Waals surface area contributed by atoms with Gasteiger partial charge in [0.2, 0.25) is 11.8 Å². The van der Waals surface area contributed by atoms with Crippen LogP contribution in [-0.4, -0.2) is 78.9 Å². The number of imide groups is 1. The average molecular weight is 372 g/mol. The molecule has 1 aromatic carbocycles. The highest BCUT2D eigenvalue weighted by molar-refractivity contribution is 6.01. The molecular weight excluding hydrogens is 344 g/mol. The van der Waals surface area contributed by atoms with Gasteiger partial charge in [0.25, 0.3) is 0 Å². The molecule has 2 heterocycles. The molecule has 4 amide bonds. The van der Waals surface area contributed by atoms with Gasteiger partial charge in [0.1, 0.15) is 6.54 Å². The Labute approximate surface area is 160 Å². The van der Waals surface area contributed by atoms with E-state index in [-0.39, 0.29) is 24.4 Å². The summed E-state index contributed by atoms with van der Waals surface area (Å²) in [6.07, 6.45) is 0.881. The molecule has 0 unspecified atom stereocenters. The van der Waals surface area contributed by atoms with E-state index in [1.165, 1.54) is 26.6 Å². The Balaban J connectivity index is 1.45. The monoisotopic (exact) mass is 372 g/mol. The number of benzene rings is 1. The summed E-state index contributed by atoms with van der Waals surface area (Å²) in [5.74, 6) is -0.0832. The molecule has 0 atom stereocenters. The highest BCUT2D eigenvalue weighted by atomic mass is 16.2. The van der Waals surface area contributed by atoms with Gasteiger partial charge in [0.15, 0.2) is 0 Å². The number of hydrogen-bond donors (Lipinski definition) is 0. The number of aryl methyl sites for hydroxylation is 1. The summed E-state index contributed by atoms with van der Waals surface area (Å²) in [5.41, 5.74) is 3.82. The zero-order chi connectivity index (χ0) is 19.6. The smallest absolute Gasteiger partial charge is 0.326 e. The lowest BCUT2D eigenvalue weighted by molar-refractivity contribution is -0.132. The first-order chi connectivity index (χ1) is 12.9. The molecule has 2 saturated heterocycles. The maximum Gasteiger partial charge on any atom is 0.326 e. The Morgan fingerprint density at radius 3 is 2.41 bits per heavy atom. The van der Waals surface area contributed by atoms with Gasteiger partial charge in [0, 0.05) is 51.9 Å². The number of urea groups is 1. The van der Waals surface area contributed by atoms with Gasteiger partial charge in [-0.15, -0.1) is 0 Å². The van der Waals surface area contributed by atoms with E-state index in [1.807, 2.05) is 4.90 Å². The number of nitrogens with zero attached hydrogens (tertiary/aromatic N) is 4. The summed E-state index contributed by atoms with van der Waals surface area (Å²) in [4.78, 5) is 42.9. The van der Waals surface area contributed by atoms with Crippen molar-refractivity contribution in [1.29, 1.82) is 0 Å². The SMILES string of the molecule is Cc1cccc(N2CCN(C(=O)CCCN3C(=O)CN(C)C3=O)CC2)c1C. The Hall–Kier alpha value is -2.57. The Morgan fingerprint density at radius 1 is 1.07 bits per heavy atom. The third-order valence-electron chi connectivity index (χ3n) is 5.55. The fourth-order valence-corrected chi connectivity index (χ4v) is 3.71. The Morgan fingerprint density at radius 2 is 1.78 bits per heavy atom. The number of hydrogen-bond acceptors (Lipinski definition) is 4. The lowest BCUT2D eigenvalue weighted by Gasteiger charge is -2.37. The third-order valence-corrected chi connectivity index (χ3v) is 5.55. The van der Waals surface area contributed by atoms with Crippen LogP contribution in [0.15, 0.2) is 18.2 Å². The molecule has 2 fully saturated rings. The lowest BCUT2D eigenvalue weighted by atomic mass is 10.1. The van der Waals surface area contributed by atoms with Crippen LogP contribution in [0.2, 0.25) is 0 Å². The molecule has 0 bridgehead atoms. The Bertz CT molecular complexity index is 741. The van der Waals surface area contributed by atoms with E-state index in [4.69, 9.17) is 0 Å². The summed E-state index contributed by atoms with van der Waals surface area (Å²) in [6, 6.07) is 6.07. The summed E-state index contributed by atoms with van der Waals surface area (Å²) in [6.45, 7) is 7.76. The van der Waals surface area contributed by atoms with Crippen molar-refractivity contribution >= 4 is 23.5 Å². The molecule has 0 saturated carbocycles. The fourth-order valence-electron chi connectivity index (χ4n) is 3.71.